The van der Waals surface area contributed by atoms with Crippen LogP contribution in [0.15, 0.2) is 48.5 Å². The zero-order valence-corrected chi connectivity index (χ0v) is 15.2. The number of nitrogens with zero attached hydrogens (tertiary/aromatic N) is 1. The minimum Gasteiger partial charge on any atom is -0.493 e. The Bertz CT molecular complexity index is 652. The van der Waals surface area contributed by atoms with E-state index < -0.39 is 0 Å². The van der Waals surface area contributed by atoms with Gasteiger partial charge in [0.15, 0.2) is 11.5 Å². The van der Waals surface area contributed by atoms with Gasteiger partial charge in [-0.15, -0.1) is 0 Å². The van der Waals surface area contributed by atoms with Crippen LogP contribution in [-0.2, 0) is 6.61 Å². The van der Waals surface area contributed by atoms with Gasteiger partial charge in [-0.2, -0.15) is 0 Å². The molecule has 1 atom stereocenters. The standard InChI is InChI=1S/C21H28N2O2/c1-17(23-13-6-11-22-12-14-23)19-9-10-20(21(15-19)24-2)25-16-18-7-4-3-5-8-18/h3-5,7-10,15,17,22H,6,11-14,16H2,1-2H3. The summed E-state index contributed by atoms with van der Waals surface area (Å²) < 4.78 is 11.5. The number of nitrogens with one attached hydrogen (secondary N) is 1. The molecule has 1 saturated heterocycles. The highest BCUT2D eigenvalue weighted by Gasteiger charge is 2.18. The molecule has 2 aromatic carbocycles. The van der Waals surface area contributed by atoms with Gasteiger partial charge in [0.05, 0.1) is 7.11 Å². The molecule has 1 heterocycles. The SMILES string of the molecule is COc1cc(C(C)N2CCCNCC2)ccc1OCc1ccccc1. The maximum Gasteiger partial charge on any atom is 0.161 e. The van der Waals surface area contributed by atoms with E-state index in [4.69, 9.17) is 9.47 Å². The lowest BCUT2D eigenvalue weighted by Crippen LogP contribution is -2.30. The number of methoxy groups -OCH3 is 1. The monoisotopic (exact) mass is 340 g/mol. The fourth-order valence-electron chi connectivity index (χ4n) is 3.26. The van der Waals surface area contributed by atoms with E-state index in [0.717, 1.165) is 43.2 Å². The van der Waals surface area contributed by atoms with Crippen molar-refractivity contribution in [2.75, 3.05) is 33.3 Å². The average molecular weight is 340 g/mol. The number of hydrogen-bond donors (Lipinski definition) is 1. The minimum atomic E-state index is 0.372. The maximum absolute atomic E-state index is 5.97. The van der Waals surface area contributed by atoms with Crippen LogP contribution in [0.1, 0.15) is 30.5 Å². The van der Waals surface area contributed by atoms with E-state index in [9.17, 15) is 0 Å². The first-order valence-electron chi connectivity index (χ1n) is 9.07. The van der Waals surface area contributed by atoms with Gasteiger partial charge in [-0.25, -0.2) is 0 Å². The molecular weight excluding hydrogens is 312 g/mol. The molecule has 0 radical (unpaired) electrons. The van der Waals surface area contributed by atoms with Crippen molar-refractivity contribution in [2.24, 2.45) is 0 Å². The fourth-order valence-corrected chi connectivity index (χ4v) is 3.26. The molecule has 0 saturated carbocycles. The van der Waals surface area contributed by atoms with E-state index in [1.165, 1.54) is 12.0 Å². The van der Waals surface area contributed by atoms with Crippen LogP contribution in [0.25, 0.3) is 0 Å². The Morgan fingerprint density at radius 2 is 1.88 bits per heavy atom. The second-order valence-corrected chi connectivity index (χ2v) is 6.50. The summed E-state index contributed by atoms with van der Waals surface area (Å²) in [5.41, 5.74) is 2.42. The Morgan fingerprint density at radius 1 is 1.04 bits per heavy atom. The van der Waals surface area contributed by atoms with Crippen LogP contribution in [0.3, 0.4) is 0 Å². The number of rotatable bonds is 6. The average Bonchev–Trinajstić information content (AvgIpc) is 2.96. The molecule has 1 fully saturated rings. The summed E-state index contributed by atoms with van der Waals surface area (Å²) in [4.78, 5) is 2.53. The van der Waals surface area contributed by atoms with E-state index in [-0.39, 0.29) is 0 Å². The Morgan fingerprint density at radius 3 is 2.68 bits per heavy atom. The summed E-state index contributed by atoms with van der Waals surface area (Å²) in [6, 6.07) is 16.9. The zero-order chi connectivity index (χ0) is 17.5. The molecule has 0 aromatic heterocycles. The molecule has 1 unspecified atom stereocenters. The van der Waals surface area contributed by atoms with Crippen molar-refractivity contribution >= 4 is 0 Å². The molecule has 0 spiro atoms. The third-order valence-electron chi connectivity index (χ3n) is 4.83. The molecule has 0 aliphatic carbocycles. The molecule has 0 bridgehead atoms. The molecule has 25 heavy (non-hydrogen) atoms. The first-order valence-corrected chi connectivity index (χ1v) is 9.07. The van der Waals surface area contributed by atoms with Gasteiger partial charge >= 0.3 is 0 Å². The van der Waals surface area contributed by atoms with Crippen molar-refractivity contribution in [2.45, 2.75) is 26.0 Å². The molecule has 134 valence electrons. The van der Waals surface area contributed by atoms with Gasteiger partial charge in [-0.1, -0.05) is 36.4 Å². The third-order valence-corrected chi connectivity index (χ3v) is 4.83. The van der Waals surface area contributed by atoms with Gasteiger partial charge in [0.2, 0.25) is 0 Å². The molecule has 4 heteroatoms. The highest BCUT2D eigenvalue weighted by Crippen LogP contribution is 2.32. The van der Waals surface area contributed by atoms with Crippen LogP contribution in [0.4, 0.5) is 0 Å². The molecule has 1 N–H and O–H groups in total. The zero-order valence-electron chi connectivity index (χ0n) is 15.2. The highest BCUT2D eigenvalue weighted by atomic mass is 16.5. The van der Waals surface area contributed by atoms with E-state index in [0.29, 0.717) is 12.6 Å². The lowest BCUT2D eigenvalue weighted by atomic mass is 10.1. The predicted molar refractivity (Wildman–Crippen MR) is 101 cm³/mol. The van der Waals surface area contributed by atoms with Crippen molar-refractivity contribution in [3.8, 4) is 11.5 Å². The number of ether oxygens (including phenoxy) is 2. The minimum absolute atomic E-state index is 0.372. The fraction of sp³-hybridized carbons (Fsp3) is 0.429. The summed E-state index contributed by atoms with van der Waals surface area (Å²) in [6.45, 7) is 7.19. The van der Waals surface area contributed by atoms with Crippen molar-refractivity contribution in [1.82, 2.24) is 10.2 Å². The van der Waals surface area contributed by atoms with Crippen LogP contribution < -0.4 is 14.8 Å². The molecule has 1 aliphatic rings. The Labute approximate surface area is 150 Å². The normalized spacial score (nSPS) is 16.9. The Kier molecular flexibility index (Phi) is 6.31. The van der Waals surface area contributed by atoms with Gasteiger partial charge in [0, 0.05) is 19.1 Å². The molecule has 2 aromatic rings. The van der Waals surface area contributed by atoms with Crippen LogP contribution >= 0.6 is 0 Å². The van der Waals surface area contributed by atoms with Crippen LogP contribution in [0.2, 0.25) is 0 Å². The quantitative estimate of drug-likeness (QED) is 0.871. The Hall–Kier alpha value is -2.04. The van der Waals surface area contributed by atoms with Gasteiger partial charge in [0.25, 0.3) is 0 Å². The lowest BCUT2D eigenvalue weighted by molar-refractivity contribution is 0.224. The van der Waals surface area contributed by atoms with Crippen LogP contribution in [0, 0.1) is 0 Å². The first-order chi connectivity index (χ1) is 12.3. The smallest absolute Gasteiger partial charge is 0.161 e. The topological polar surface area (TPSA) is 33.7 Å². The van der Waals surface area contributed by atoms with E-state index in [1.54, 1.807) is 7.11 Å². The third kappa shape index (κ3) is 4.74. The van der Waals surface area contributed by atoms with Crippen molar-refractivity contribution in [3.63, 3.8) is 0 Å². The van der Waals surface area contributed by atoms with E-state index in [2.05, 4.69) is 41.4 Å². The number of benzene rings is 2. The second-order valence-electron chi connectivity index (χ2n) is 6.50. The van der Waals surface area contributed by atoms with Gasteiger partial charge in [-0.05, 0) is 49.7 Å². The molecule has 0 amide bonds. The second kappa shape index (κ2) is 8.88. The van der Waals surface area contributed by atoms with Gasteiger partial charge < -0.3 is 14.8 Å². The predicted octanol–water partition coefficient (Wildman–Crippen LogP) is 3.63. The van der Waals surface area contributed by atoms with Crippen molar-refractivity contribution in [1.29, 1.82) is 0 Å². The summed E-state index contributed by atoms with van der Waals surface area (Å²) in [5.74, 6) is 1.59. The van der Waals surface area contributed by atoms with E-state index in [1.807, 2.05) is 24.3 Å². The number of hydrogen-bond acceptors (Lipinski definition) is 4. The summed E-state index contributed by atoms with van der Waals surface area (Å²) in [7, 11) is 1.70. The lowest BCUT2D eigenvalue weighted by Gasteiger charge is -2.28. The van der Waals surface area contributed by atoms with Crippen molar-refractivity contribution < 1.29 is 9.47 Å². The molecule has 3 rings (SSSR count). The van der Waals surface area contributed by atoms with Gasteiger partial charge in [0.1, 0.15) is 6.61 Å². The molecule has 4 nitrogen and oxygen atoms in total. The summed E-state index contributed by atoms with van der Waals surface area (Å²) in [5, 5.41) is 3.46. The van der Waals surface area contributed by atoms with Gasteiger partial charge in [-0.3, -0.25) is 4.90 Å². The summed E-state index contributed by atoms with van der Waals surface area (Å²) >= 11 is 0. The highest BCUT2D eigenvalue weighted by molar-refractivity contribution is 5.44. The molecule has 1 aliphatic heterocycles. The first kappa shape index (κ1) is 17.8. The van der Waals surface area contributed by atoms with Crippen molar-refractivity contribution in [3.05, 3.63) is 59.7 Å². The van der Waals surface area contributed by atoms with Crippen LogP contribution in [-0.4, -0.2) is 38.2 Å². The van der Waals surface area contributed by atoms with E-state index >= 15 is 0 Å². The summed E-state index contributed by atoms with van der Waals surface area (Å²) in [6.07, 6.45) is 1.19. The Balaban J connectivity index is 1.70. The maximum atomic E-state index is 5.97. The molecular formula is C21H28N2O2. The largest absolute Gasteiger partial charge is 0.493 e. The van der Waals surface area contributed by atoms with Crippen LogP contribution in [0.5, 0.6) is 11.5 Å².